The van der Waals surface area contributed by atoms with Gasteiger partial charge in [0, 0.05) is 10.0 Å². The van der Waals surface area contributed by atoms with E-state index in [0.717, 1.165) is 23.1 Å². The summed E-state index contributed by atoms with van der Waals surface area (Å²) in [5.74, 6) is 1.29. The Kier molecular flexibility index (Phi) is 4.72. The molecule has 94 valence electrons. The maximum atomic E-state index is 6.32. The van der Waals surface area contributed by atoms with Gasteiger partial charge in [-0.05, 0) is 55.5 Å². The van der Waals surface area contributed by atoms with Gasteiger partial charge in [0.25, 0.3) is 0 Å². The third-order valence-corrected chi connectivity index (χ3v) is 4.19. The first kappa shape index (κ1) is 13.2. The van der Waals surface area contributed by atoms with Crippen molar-refractivity contribution in [3.8, 4) is 0 Å². The van der Waals surface area contributed by atoms with E-state index in [-0.39, 0.29) is 0 Å². The second-order valence-corrected chi connectivity index (χ2v) is 5.66. The summed E-state index contributed by atoms with van der Waals surface area (Å²) < 4.78 is 0. The number of nitrogens with one attached hydrogen (secondary N) is 1. The van der Waals surface area contributed by atoms with E-state index in [0.29, 0.717) is 11.8 Å². The van der Waals surface area contributed by atoms with Crippen molar-refractivity contribution in [2.45, 2.75) is 32.1 Å². The molecule has 2 atom stereocenters. The lowest BCUT2D eigenvalue weighted by Gasteiger charge is -2.33. The Bertz CT molecular complexity index is 376. The smallest absolute Gasteiger partial charge is 0.0455 e. The molecule has 1 heterocycles. The molecule has 1 aromatic rings. The molecule has 0 amide bonds. The zero-order chi connectivity index (χ0) is 12.3. The van der Waals surface area contributed by atoms with Gasteiger partial charge in [-0.2, -0.15) is 0 Å². The maximum absolute atomic E-state index is 6.32. The van der Waals surface area contributed by atoms with E-state index in [2.05, 4.69) is 18.3 Å². The Hall–Kier alpha value is -0.240. The quantitative estimate of drug-likeness (QED) is 0.855. The summed E-state index contributed by atoms with van der Waals surface area (Å²) in [4.78, 5) is 0. The number of benzene rings is 1. The topological polar surface area (TPSA) is 12.0 Å². The molecule has 1 saturated heterocycles. The van der Waals surface area contributed by atoms with Gasteiger partial charge in [-0.25, -0.2) is 0 Å². The average molecular weight is 272 g/mol. The molecule has 1 aromatic carbocycles. The SMILES string of the molecule is CCCC1CNCCC1c1ccc(Cl)cc1Cl. The van der Waals surface area contributed by atoms with Crippen LogP contribution in [0.3, 0.4) is 0 Å². The Morgan fingerprint density at radius 1 is 1.35 bits per heavy atom. The highest BCUT2D eigenvalue weighted by Crippen LogP contribution is 2.37. The molecule has 3 heteroatoms. The number of rotatable bonds is 3. The summed E-state index contributed by atoms with van der Waals surface area (Å²) in [7, 11) is 0. The molecule has 1 aliphatic rings. The fourth-order valence-corrected chi connectivity index (χ4v) is 3.36. The van der Waals surface area contributed by atoms with E-state index in [4.69, 9.17) is 23.2 Å². The van der Waals surface area contributed by atoms with Gasteiger partial charge in [0.1, 0.15) is 0 Å². The lowest BCUT2D eigenvalue weighted by atomic mass is 9.79. The standard InChI is InChI=1S/C14H19Cl2N/c1-2-3-10-9-17-7-6-12(10)13-5-4-11(15)8-14(13)16/h4-5,8,10,12,17H,2-3,6-7,9H2,1H3. The zero-order valence-electron chi connectivity index (χ0n) is 10.2. The van der Waals surface area contributed by atoms with Crippen LogP contribution in [0.4, 0.5) is 0 Å². The van der Waals surface area contributed by atoms with Gasteiger partial charge in [0.2, 0.25) is 0 Å². The van der Waals surface area contributed by atoms with Crippen molar-refractivity contribution in [2.75, 3.05) is 13.1 Å². The van der Waals surface area contributed by atoms with Gasteiger partial charge >= 0.3 is 0 Å². The molecular formula is C14H19Cl2N. The first-order chi connectivity index (χ1) is 8.22. The molecule has 2 rings (SSSR count). The highest BCUT2D eigenvalue weighted by atomic mass is 35.5. The third kappa shape index (κ3) is 3.15. The Morgan fingerprint density at radius 3 is 2.88 bits per heavy atom. The molecular weight excluding hydrogens is 253 g/mol. The first-order valence-electron chi connectivity index (χ1n) is 6.38. The monoisotopic (exact) mass is 271 g/mol. The van der Waals surface area contributed by atoms with E-state index in [1.54, 1.807) is 0 Å². The molecule has 0 radical (unpaired) electrons. The van der Waals surface area contributed by atoms with E-state index >= 15 is 0 Å². The van der Waals surface area contributed by atoms with E-state index in [9.17, 15) is 0 Å². The van der Waals surface area contributed by atoms with Crippen LogP contribution < -0.4 is 5.32 Å². The lowest BCUT2D eigenvalue weighted by Crippen LogP contribution is -2.35. The van der Waals surface area contributed by atoms with Crippen molar-refractivity contribution < 1.29 is 0 Å². The summed E-state index contributed by atoms with van der Waals surface area (Å²) >= 11 is 12.3. The fourth-order valence-electron chi connectivity index (χ4n) is 2.81. The number of hydrogen-bond acceptors (Lipinski definition) is 1. The number of halogens is 2. The van der Waals surface area contributed by atoms with Crippen LogP contribution in [0.5, 0.6) is 0 Å². The minimum absolute atomic E-state index is 0.584. The summed E-state index contributed by atoms with van der Waals surface area (Å²) in [6.07, 6.45) is 3.66. The highest BCUT2D eigenvalue weighted by Gasteiger charge is 2.27. The zero-order valence-corrected chi connectivity index (χ0v) is 11.7. The van der Waals surface area contributed by atoms with Crippen molar-refractivity contribution in [3.05, 3.63) is 33.8 Å². The minimum Gasteiger partial charge on any atom is -0.316 e. The van der Waals surface area contributed by atoms with Crippen LogP contribution in [0.15, 0.2) is 18.2 Å². The van der Waals surface area contributed by atoms with Crippen molar-refractivity contribution >= 4 is 23.2 Å². The molecule has 0 saturated carbocycles. The van der Waals surface area contributed by atoms with Crippen LogP contribution in [0.1, 0.15) is 37.7 Å². The summed E-state index contributed by atoms with van der Waals surface area (Å²) in [5, 5.41) is 5.03. The summed E-state index contributed by atoms with van der Waals surface area (Å²) in [6.45, 7) is 4.44. The minimum atomic E-state index is 0.584. The van der Waals surface area contributed by atoms with Gasteiger partial charge in [-0.3, -0.25) is 0 Å². The van der Waals surface area contributed by atoms with Crippen molar-refractivity contribution in [2.24, 2.45) is 5.92 Å². The molecule has 1 fully saturated rings. The van der Waals surface area contributed by atoms with E-state index < -0.39 is 0 Å². The Labute approximate surface area is 114 Å². The molecule has 1 aliphatic heterocycles. The first-order valence-corrected chi connectivity index (χ1v) is 7.13. The summed E-state index contributed by atoms with van der Waals surface area (Å²) in [6, 6.07) is 5.92. The lowest BCUT2D eigenvalue weighted by molar-refractivity contribution is 0.307. The Balaban J connectivity index is 2.23. The van der Waals surface area contributed by atoms with Crippen LogP contribution in [0, 0.1) is 5.92 Å². The normalized spacial score (nSPS) is 24.9. The fraction of sp³-hybridized carbons (Fsp3) is 0.571. The van der Waals surface area contributed by atoms with E-state index in [1.807, 2.05) is 12.1 Å². The van der Waals surface area contributed by atoms with E-state index in [1.165, 1.54) is 24.8 Å². The van der Waals surface area contributed by atoms with Crippen molar-refractivity contribution in [3.63, 3.8) is 0 Å². The van der Waals surface area contributed by atoms with Gasteiger partial charge in [-0.15, -0.1) is 0 Å². The molecule has 0 spiro atoms. The second-order valence-electron chi connectivity index (χ2n) is 4.81. The molecule has 17 heavy (non-hydrogen) atoms. The second kappa shape index (κ2) is 6.08. The molecule has 0 aliphatic carbocycles. The predicted octanol–water partition coefficient (Wildman–Crippen LogP) is 4.49. The van der Waals surface area contributed by atoms with Crippen LogP contribution in [0.2, 0.25) is 10.0 Å². The average Bonchev–Trinajstić information content (AvgIpc) is 2.31. The molecule has 1 nitrogen and oxygen atoms in total. The largest absolute Gasteiger partial charge is 0.316 e. The molecule has 0 aromatic heterocycles. The van der Waals surface area contributed by atoms with Crippen molar-refractivity contribution in [1.82, 2.24) is 5.32 Å². The van der Waals surface area contributed by atoms with Gasteiger partial charge in [0.05, 0.1) is 0 Å². The number of hydrogen-bond donors (Lipinski definition) is 1. The highest BCUT2D eigenvalue weighted by molar-refractivity contribution is 6.35. The van der Waals surface area contributed by atoms with Crippen LogP contribution in [-0.4, -0.2) is 13.1 Å². The molecule has 2 unspecified atom stereocenters. The van der Waals surface area contributed by atoms with Crippen LogP contribution in [-0.2, 0) is 0 Å². The maximum Gasteiger partial charge on any atom is 0.0455 e. The summed E-state index contributed by atoms with van der Waals surface area (Å²) in [5.41, 5.74) is 1.27. The third-order valence-electron chi connectivity index (χ3n) is 3.63. The van der Waals surface area contributed by atoms with Crippen LogP contribution in [0.25, 0.3) is 0 Å². The van der Waals surface area contributed by atoms with Gasteiger partial charge < -0.3 is 5.32 Å². The van der Waals surface area contributed by atoms with Gasteiger partial charge in [0.15, 0.2) is 0 Å². The van der Waals surface area contributed by atoms with Crippen LogP contribution >= 0.6 is 23.2 Å². The van der Waals surface area contributed by atoms with Crippen molar-refractivity contribution in [1.29, 1.82) is 0 Å². The number of piperidine rings is 1. The molecule has 1 N–H and O–H groups in total. The predicted molar refractivity (Wildman–Crippen MR) is 75.1 cm³/mol. The van der Waals surface area contributed by atoms with Gasteiger partial charge in [-0.1, -0.05) is 42.6 Å². The molecule has 0 bridgehead atoms. The Morgan fingerprint density at radius 2 is 2.18 bits per heavy atom.